The van der Waals surface area contributed by atoms with Crippen LogP contribution in [-0.4, -0.2) is 47.8 Å². The van der Waals surface area contributed by atoms with E-state index in [1.807, 2.05) is 54.0 Å². The Balaban J connectivity index is 1.59. The monoisotopic (exact) mass is 382 g/mol. The van der Waals surface area contributed by atoms with Crippen molar-refractivity contribution >= 4 is 11.8 Å². The first-order chi connectivity index (χ1) is 13.4. The van der Waals surface area contributed by atoms with Gasteiger partial charge in [-0.25, -0.2) is 4.39 Å². The van der Waals surface area contributed by atoms with E-state index in [0.29, 0.717) is 38.2 Å². The largest absolute Gasteiger partial charge is 0.341 e. The average molecular weight is 382 g/mol. The van der Waals surface area contributed by atoms with Crippen LogP contribution in [0.25, 0.3) is 0 Å². The minimum Gasteiger partial charge on any atom is -0.341 e. The number of aryl methyl sites for hydroxylation is 1. The number of halogens is 1. The Morgan fingerprint density at radius 3 is 2.46 bits per heavy atom. The highest BCUT2D eigenvalue weighted by Crippen LogP contribution is 2.16. The highest BCUT2D eigenvalue weighted by atomic mass is 19.1. The quantitative estimate of drug-likeness (QED) is 0.809. The van der Waals surface area contributed by atoms with Crippen LogP contribution in [0.15, 0.2) is 48.5 Å². The van der Waals surface area contributed by atoms with E-state index >= 15 is 0 Å². The van der Waals surface area contributed by atoms with Crippen LogP contribution in [0.4, 0.5) is 4.39 Å². The summed E-state index contributed by atoms with van der Waals surface area (Å²) in [5, 5.41) is 0. The lowest BCUT2D eigenvalue weighted by Gasteiger charge is -2.25. The van der Waals surface area contributed by atoms with Gasteiger partial charge < -0.3 is 9.80 Å². The molecule has 0 aliphatic carbocycles. The highest BCUT2D eigenvalue weighted by Gasteiger charge is 2.25. The molecule has 0 N–H and O–H groups in total. The van der Waals surface area contributed by atoms with Crippen LogP contribution in [0.3, 0.4) is 0 Å². The van der Waals surface area contributed by atoms with E-state index in [0.717, 1.165) is 17.5 Å². The van der Waals surface area contributed by atoms with Gasteiger partial charge >= 0.3 is 0 Å². The molecular weight excluding hydrogens is 355 g/mol. The van der Waals surface area contributed by atoms with Crippen LogP contribution in [0.5, 0.6) is 0 Å². The molecular formula is C23H27FN2O2. The fourth-order valence-corrected chi connectivity index (χ4v) is 3.72. The summed E-state index contributed by atoms with van der Waals surface area (Å²) in [5.74, 6) is -0.419. The molecule has 1 heterocycles. The molecule has 148 valence electrons. The van der Waals surface area contributed by atoms with Crippen molar-refractivity contribution in [3.8, 4) is 0 Å². The van der Waals surface area contributed by atoms with Crippen LogP contribution < -0.4 is 0 Å². The van der Waals surface area contributed by atoms with Crippen molar-refractivity contribution in [1.82, 2.24) is 9.80 Å². The summed E-state index contributed by atoms with van der Waals surface area (Å²) in [6.07, 6.45) is 1.27. The van der Waals surface area contributed by atoms with Gasteiger partial charge in [0, 0.05) is 37.7 Å². The van der Waals surface area contributed by atoms with Gasteiger partial charge in [0.2, 0.25) is 5.91 Å². The molecule has 1 aliphatic heterocycles. The summed E-state index contributed by atoms with van der Waals surface area (Å²) < 4.78 is 13.4. The molecule has 0 saturated carbocycles. The standard InChI is InChI=1S/C23H27FN2O2/c1-17-6-3-8-20(14-17)23(28)26-11-5-10-25(12-13-26)22(27)18(2)15-19-7-4-9-21(24)16-19/h3-4,6-9,14,16,18H,5,10-13,15H2,1-2H3. The normalized spacial score (nSPS) is 15.8. The second-order valence-corrected chi connectivity index (χ2v) is 7.58. The van der Waals surface area contributed by atoms with Gasteiger partial charge in [-0.15, -0.1) is 0 Å². The summed E-state index contributed by atoms with van der Waals surface area (Å²) in [6, 6.07) is 14.0. The summed E-state index contributed by atoms with van der Waals surface area (Å²) in [6.45, 7) is 6.21. The maximum atomic E-state index is 13.4. The third-order valence-electron chi connectivity index (χ3n) is 5.21. The Hall–Kier alpha value is -2.69. The van der Waals surface area contributed by atoms with Gasteiger partial charge in [0.15, 0.2) is 0 Å². The number of amides is 2. The zero-order chi connectivity index (χ0) is 20.1. The Morgan fingerprint density at radius 2 is 1.71 bits per heavy atom. The van der Waals surface area contributed by atoms with E-state index in [1.165, 1.54) is 12.1 Å². The molecule has 2 aromatic carbocycles. The summed E-state index contributed by atoms with van der Waals surface area (Å²) >= 11 is 0. The third-order valence-corrected chi connectivity index (χ3v) is 5.21. The summed E-state index contributed by atoms with van der Waals surface area (Å²) in [7, 11) is 0. The second kappa shape index (κ2) is 9.00. The van der Waals surface area contributed by atoms with Crippen molar-refractivity contribution in [3.05, 3.63) is 71.0 Å². The molecule has 1 saturated heterocycles. The first-order valence-corrected chi connectivity index (χ1v) is 9.83. The first kappa shape index (κ1) is 20.1. The van der Waals surface area contributed by atoms with Gasteiger partial charge in [-0.3, -0.25) is 9.59 Å². The lowest BCUT2D eigenvalue weighted by molar-refractivity contribution is -0.134. The van der Waals surface area contributed by atoms with Crippen molar-refractivity contribution in [3.63, 3.8) is 0 Å². The predicted molar refractivity (Wildman–Crippen MR) is 108 cm³/mol. The van der Waals surface area contributed by atoms with Crippen LogP contribution >= 0.6 is 0 Å². The molecule has 1 fully saturated rings. The first-order valence-electron chi connectivity index (χ1n) is 9.83. The number of rotatable bonds is 4. The Kier molecular flexibility index (Phi) is 6.45. The molecule has 2 aromatic rings. The number of carbonyl (C=O) groups excluding carboxylic acids is 2. The van der Waals surface area contributed by atoms with Gasteiger partial charge in [0.1, 0.15) is 5.82 Å². The Bertz CT molecular complexity index is 852. The topological polar surface area (TPSA) is 40.6 Å². The molecule has 0 aromatic heterocycles. The molecule has 4 nitrogen and oxygen atoms in total. The van der Waals surface area contributed by atoms with Crippen LogP contribution in [0.1, 0.15) is 34.8 Å². The maximum absolute atomic E-state index is 13.4. The van der Waals surface area contributed by atoms with E-state index in [2.05, 4.69) is 0 Å². The van der Waals surface area contributed by atoms with E-state index in [9.17, 15) is 14.0 Å². The molecule has 0 radical (unpaired) electrons. The minimum atomic E-state index is -0.280. The van der Waals surface area contributed by atoms with E-state index < -0.39 is 0 Å². The van der Waals surface area contributed by atoms with Crippen molar-refractivity contribution in [2.75, 3.05) is 26.2 Å². The predicted octanol–water partition coefficient (Wildman–Crippen LogP) is 3.69. The average Bonchev–Trinajstić information content (AvgIpc) is 2.93. The molecule has 0 spiro atoms. The maximum Gasteiger partial charge on any atom is 0.253 e. The summed E-state index contributed by atoms with van der Waals surface area (Å²) in [5.41, 5.74) is 2.58. The number of hydrogen-bond acceptors (Lipinski definition) is 2. The van der Waals surface area contributed by atoms with Gasteiger partial charge in [-0.1, -0.05) is 36.8 Å². The fourth-order valence-electron chi connectivity index (χ4n) is 3.72. The zero-order valence-electron chi connectivity index (χ0n) is 16.5. The lowest BCUT2D eigenvalue weighted by atomic mass is 9.99. The number of benzene rings is 2. The molecule has 5 heteroatoms. The van der Waals surface area contributed by atoms with Gasteiger partial charge in [-0.2, -0.15) is 0 Å². The van der Waals surface area contributed by atoms with Gasteiger partial charge in [-0.05, 0) is 49.6 Å². The van der Waals surface area contributed by atoms with Crippen LogP contribution in [-0.2, 0) is 11.2 Å². The molecule has 3 rings (SSSR count). The summed E-state index contributed by atoms with van der Waals surface area (Å²) in [4.78, 5) is 29.3. The molecule has 1 aliphatic rings. The third kappa shape index (κ3) is 4.97. The van der Waals surface area contributed by atoms with Crippen molar-refractivity contribution in [1.29, 1.82) is 0 Å². The van der Waals surface area contributed by atoms with E-state index in [1.54, 1.807) is 6.07 Å². The Labute approximate surface area is 166 Å². The molecule has 0 bridgehead atoms. The molecule has 28 heavy (non-hydrogen) atoms. The molecule has 1 unspecified atom stereocenters. The second-order valence-electron chi connectivity index (χ2n) is 7.58. The SMILES string of the molecule is Cc1cccc(C(=O)N2CCCN(C(=O)C(C)Cc3cccc(F)c3)CC2)c1. The Morgan fingerprint density at radius 1 is 1.00 bits per heavy atom. The van der Waals surface area contributed by atoms with Gasteiger partial charge in [0.05, 0.1) is 0 Å². The minimum absolute atomic E-state index is 0.0193. The van der Waals surface area contributed by atoms with Crippen molar-refractivity contribution in [2.45, 2.75) is 26.7 Å². The van der Waals surface area contributed by atoms with Crippen LogP contribution in [0, 0.1) is 18.7 Å². The number of carbonyl (C=O) groups is 2. The van der Waals surface area contributed by atoms with E-state index in [4.69, 9.17) is 0 Å². The number of hydrogen-bond donors (Lipinski definition) is 0. The molecule has 2 amide bonds. The van der Waals surface area contributed by atoms with E-state index in [-0.39, 0.29) is 23.5 Å². The van der Waals surface area contributed by atoms with Crippen LogP contribution in [0.2, 0.25) is 0 Å². The smallest absolute Gasteiger partial charge is 0.253 e. The molecule has 1 atom stereocenters. The van der Waals surface area contributed by atoms with Crippen molar-refractivity contribution < 1.29 is 14.0 Å². The van der Waals surface area contributed by atoms with Gasteiger partial charge in [0.25, 0.3) is 5.91 Å². The number of nitrogens with zero attached hydrogens (tertiary/aromatic N) is 2. The van der Waals surface area contributed by atoms with Crippen molar-refractivity contribution in [2.24, 2.45) is 5.92 Å². The fraction of sp³-hybridized carbons (Fsp3) is 0.391. The lowest BCUT2D eigenvalue weighted by Crippen LogP contribution is -2.40. The zero-order valence-corrected chi connectivity index (χ0v) is 16.5. The highest BCUT2D eigenvalue weighted by molar-refractivity contribution is 5.94.